The summed E-state index contributed by atoms with van der Waals surface area (Å²) in [4.78, 5) is 28.3. The molecule has 162 valence electrons. The lowest BCUT2D eigenvalue weighted by Crippen LogP contribution is -2.41. The third kappa shape index (κ3) is 5.19. The van der Waals surface area contributed by atoms with Crippen LogP contribution in [-0.2, 0) is 4.79 Å². The number of phenolic OH excluding ortho intramolecular Hbond substituents is 1. The minimum Gasteiger partial charge on any atom is -0.507 e. The monoisotopic (exact) mass is 444 g/mol. The number of thiophene rings is 1. The summed E-state index contributed by atoms with van der Waals surface area (Å²) >= 11 is 1.59. The van der Waals surface area contributed by atoms with E-state index in [1.165, 1.54) is 0 Å². The number of aryl methyl sites for hydroxylation is 1. The molecule has 1 fully saturated rings. The summed E-state index contributed by atoms with van der Waals surface area (Å²) in [5.74, 6) is 5.84. The van der Waals surface area contributed by atoms with Crippen LogP contribution in [0, 0.1) is 24.7 Å². The maximum absolute atomic E-state index is 12.8. The molecule has 3 aromatic rings. The third-order valence-electron chi connectivity index (χ3n) is 5.52. The van der Waals surface area contributed by atoms with Crippen molar-refractivity contribution in [3.63, 3.8) is 0 Å². The molecule has 0 bridgehead atoms. The molecule has 6 heteroatoms. The fourth-order valence-corrected chi connectivity index (χ4v) is 4.31. The van der Waals surface area contributed by atoms with Gasteiger partial charge in [-0.1, -0.05) is 35.6 Å². The molecule has 5 nitrogen and oxygen atoms in total. The molecule has 1 aliphatic rings. The van der Waals surface area contributed by atoms with Gasteiger partial charge in [0.2, 0.25) is 5.91 Å². The van der Waals surface area contributed by atoms with Crippen LogP contribution in [0.15, 0.2) is 60.0 Å². The van der Waals surface area contributed by atoms with Crippen molar-refractivity contribution in [2.45, 2.75) is 19.8 Å². The second kappa shape index (κ2) is 9.71. The van der Waals surface area contributed by atoms with Crippen molar-refractivity contribution >= 4 is 28.8 Å². The molecular weight excluding hydrogens is 420 g/mol. The fourth-order valence-electron chi connectivity index (χ4n) is 3.74. The lowest BCUT2D eigenvalue weighted by atomic mass is 9.95. The van der Waals surface area contributed by atoms with E-state index < -0.39 is 0 Å². The van der Waals surface area contributed by atoms with Crippen LogP contribution in [0.4, 0.5) is 5.69 Å². The van der Waals surface area contributed by atoms with Gasteiger partial charge < -0.3 is 15.3 Å². The number of nitrogens with zero attached hydrogens (tertiary/aromatic N) is 1. The quantitative estimate of drug-likeness (QED) is 0.578. The highest BCUT2D eigenvalue weighted by atomic mass is 32.1. The van der Waals surface area contributed by atoms with Crippen LogP contribution in [0.1, 0.15) is 39.2 Å². The molecule has 0 unspecified atom stereocenters. The molecule has 32 heavy (non-hydrogen) atoms. The first-order chi connectivity index (χ1) is 15.5. The van der Waals surface area contributed by atoms with Gasteiger partial charge in [0.15, 0.2) is 0 Å². The van der Waals surface area contributed by atoms with Gasteiger partial charge in [-0.3, -0.25) is 9.59 Å². The number of nitrogens with one attached hydrogen (secondary N) is 1. The molecule has 0 aliphatic carbocycles. The van der Waals surface area contributed by atoms with E-state index in [0.717, 1.165) is 21.7 Å². The predicted molar refractivity (Wildman–Crippen MR) is 127 cm³/mol. The summed E-state index contributed by atoms with van der Waals surface area (Å²) in [7, 11) is 0. The van der Waals surface area contributed by atoms with Gasteiger partial charge >= 0.3 is 0 Å². The summed E-state index contributed by atoms with van der Waals surface area (Å²) in [6.45, 7) is 2.85. The second-order valence-corrected chi connectivity index (χ2v) is 8.83. The van der Waals surface area contributed by atoms with E-state index in [9.17, 15) is 14.7 Å². The molecular formula is C26H24N2O3S. The lowest BCUT2D eigenvalue weighted by molar-refractivity contribution is -0.121. The molecule has 1 saturated heterocycles. The fraction of sp³-hybridized carbons (Fsp3) is 0.231. The molecule has 4 rings (SSSR count). The Kier molecular flexibility index (Phi) is 6.58. The van der Waals surface area contributed by atoms with Crippen LogP contribution < -0.4 is 5.32 Å². The van der Waals surface area contributed by atoms with Gasteiger partial charge in [-0.05, 0) is 61.5 Å². The number of hydrogen-bond donors (Lipinski definition) is 2. The van der Waals surface area contributed by atoms with Crippen molar-refractivity contribution in [1.29, 1.82) is 0 Å². The van der Waals surface area contributed by atoms with Crippen molar-refractivity contribution in [1.82, 2.24) is 4.90 Å². The van der Waals surface area contributed by atoms with E-state index in [2.05, 4.69) is 17.2 Å². The number of likely N-dealkylation sites (tertiary alicyclic amines) is 1. The van der Waals surface area contributed by atoms with Crippen LogP contribution in [0.3, 0.4) is 0 Å². The van der Waals surface area contributed by atoms with Gasteiger partial charge in [0.05, 0.1) is 10.4 Å². The lowest BCUT2D eigenvalue weighted by Gasteiger charge is -2.31. The number of carbonyl (C=O) groups excluding carboxylic acids is 2. The molecule has 2 aromatic carbocycles. The number of phenols is 1. The summed E-state index contributed by atoms with van der Waals surface area (Å²) < 4.78 is 0. The Labute approximate surface area is 191 Å². The third-order valence-corrected chi connectivity index (χ3v) is 6.30. The Morgan fingerprint density at radius 3 is 2.62 bits per heavy atom. The topological polar surface area (TPSA) is 69.6 Å². The SMILES string of the molecule is Cc1ccc(O)c(C(=O)N2CCC(C(=O)Nc3cccc(C#Cc4cccs4)c3)CC2)c1. The molecule has 0 saturated carbocycles. The normalized spacial score (nSPS) is 13.8. The van der Waals surface area contributed by atoms with E-state index in [1.807, 2.05) is 48.7 Å². The largest absolute Gasteiger partial charge is 0.507 e. The Bertz CT molecular complexity index is 1180. The van der Waals surface area contributed by atoms with Gasteiger partial charge in [-0.2, -0.15) is 0 Å². The Morgan fingerprint density at radius 1 is 1.06 bits per heavy atom. The minimum atomic E-state index is -0.193. The molecule has 1 aromatic heterocycles. The molecule has 2 N–H and O–H groups in total. The molecule has 0 radical (unpaired) electrons. The summed E-state index contributed by atoms with van der Waals surface area (Å²) in [5.41, 5.74) is 2.79. The average Bonchev–Trinajstić information content (AvgIpc) is 3.33. The van der Waals surface area contributed by atoms with Gasteiger partial charge in [0.25, 0.3) is 5.91 Å². The van der Waals surface area contributed by atoms with E-state index in [-0.39, 0.29) is 23.5 Å². The first-order valence-electron chi connectivity index (χ1n) is 10.5. The number of rotatable bonds is 3. The minimum absolute atomic E-state index is 0.0115. The van der Waals surface area contributed by atoms with Crippen LogP contribution in [0.25, 0.3) is 0 Å². The first kappa shape index (κ1) is 21.7. The number of carbonyl (C=O) groups is 2. The standard InChI is InChI=1S/C26H24N2O3S/c1-18-7-10-24(29)23(16-18)26(31)28-13-11-20(12-14-28)25(30)27-21-5-2-4-19(17-21)8-9-22-6-3-15-32-22/h2-7,10,15-17,20,29H,11-14H2,1H3,(H,27,30). The highest BCUT2D eigenvalue weighted by molar-refractivity contribution is 7.10. The van der Waals surface area contributed by atoms with E-state index in [0.29, 0.717) is 31.5 Å². The number of aromatic hydroxyl groups is 1. The van der Waals surface area contributed by atoms with Gasteiger partial charge in [-0.25, -0.2) is 0 Å². The number of anilines is 1. The highest BCUT2D eigenvalue weighted by Gasteiger charge is 2.28. The maximum Gasteiger partial charge on any atom is 0.257 e. The number of amides is 2. The number of piperidine rings is 1. The Balaban J connectivity index is 1.34. The maximum atomic E-state index is 12.8. The van der Waals surface area contributed by atoms with Crippen LogP contribution in [0.2, 0.25) is 0 Å². The summed E-state index contributed by atoms with van der Waals surface area (Å²) in [6.07, 6.45) is 1.17. The average molecular weight is 445 g/mol. The smallest absolute Gasteiger partial charge is 0.257 e. The van der Waals surface area contributed by atoms with Gasteiger partial charge in [0.1, 0.15) is 5.75 Å². The molecule has 2 heterocycles. The highest BCUT2D eigenvalue weighted by Crippen LogP contribution is 2.25. The van der Waals surface area contributed by atoms with Crippen LogP contribution in [0.5, 0.6) is 5.75 Å². The molecule has 1 aliphatic heterocycles. The van der Waals surface area contributed by atoms with Crippen LogP contribution >= 0.6 is 11.3 Å². The zero-order chi connectivity index (χ0) is 22.5. The van der Waals surface area contributed by atoms with E-state index in [4.69, 9.17) is 0 Å². The van der Waals surface area contributed by atoms with Gasteiger partial charge in [-0.15, -0.1) is 11.3 Å². The number of hydrogen-bond acceptors (Lipinski definition) is 4. The summed E-state index contributed by atoms with van der Waals surface area (Å²) in [5, 5.41) is 15.0. The van der Waals surface area contributed by atoms with Crippen molar-refractivity contribution in [3.8, 4) is 17.6 Å². The predicted octanol–water partition coefficient (Wildman–Crippen LogP) is 4.65. The summed E-state index contributed by atoms with van der Waals surface area (Å²) in [6, 6.07) is 16.5. The molecule has 2 amide bonds. The Hall–Kier alpha value is -3.56. The van der Waals surface area contributed by atoms with Crippen molar-refractivity contribution in [2.24, 2.45) is 5.92 Å². The van der Waals surface area contributed by atoms with Crippen molar-refractivity contribution < 1.29 is 14.7 Å². The molecule has 0 atom stereocenters. The van der Waals surface area contributed by atoms with Crippen molar-refractivity contribution in [3.05, 3.63) is 81.5 Å². The van der Waals surface area contributed by atoms with Gasteiger partial charge in [0, 0.05) is 30.3 Å². The second-order valence-electron chi connectivity index (χ2n) is 7.88. The number of benzene rings is 2. The van der Waals surface area contributed by atoms with Crippen LogP contribution in [-0.4, -0.2) is 34.9 Å². The Morgan fingerprint density at radius 2 is 1.88 bits per heavy atom. The van der Waals surface area contributed by atoms with Crippen molar-refractivity contribution in [2.75, 3.05) is 18.4 Å². The zero-order valence-corrected chi connectivity index (χ0v) is 18.6. The zero-order valence-electron chi connectivity index (χ0n) is 17.8. The molecule has 0 spiro atoms. The van der Waals surface area contributed by atoms with E-state index >= 15 is 0 Å². The first-order valence-corrected chi connectivity index (χ1v) is 11.4. The van der Waals surface area contributed by atoms with E-state index in [1.54, 1.807) is 34.4 Å².